The van der Waals surface area contributed by atoms with Gasteiger partial charge in [0.2, 0.25) is 5.91 Å². The van der Waals surface area contributed by atoms with E-state index in [0.29, 0.717) is 6.42 Å². The Morgan fingerprint density at radius 2 is 2.11 bits per heavy atom. The Bertz CT molecular complexity index is 457. The van der Waals surface area contributed by atoms with Crippen LogP contribution in [0, 0.1) is 17.3 Å². The predicted octanol–water partition coefficient (Wildman–Crippen LogP) is 1.64. The summed E-state index contributed by atoms with van der Waals surface area (Å²) in [5.41, 5.74) is -1.28. The van der Waals surface area contributed by atoms with E-state index < -0.39 is 17.3 Å². The van der Waals surface area contributed by atoms with Crippen molar-refractivity contribution in [2.24, 2.45) is 17.3 Å². The highest BCUT2D eigenvalue weighted by Crippen LogP contribution is 2.52. The summed E-state index contributed by atoms with van der Waals surface area (Å²) >= 11 is 0. The van der Waals surface area contributed by atoms with Gasteiger partial charge in [-0.3, -0.25) is 9.59 Å². The fourth-order valence-electron chi connectivity index (χ4n) is 2.38. The summed E-state index contributed by atoms with van der Waals surface area (Å²) < 4.78 is 12.9. The van der Waals surface area contributed by atoms with Gasteiger partial charge in [0.1, 0.15) is 11.2 Å². The third-order valence-corrected chi connectivity index (χ3v) is 3.85. The third kappa shape index (κ3) is 1.94. The van der Waals surface area contributed by atoms with Crippen molar-refractivity contribution in [1.29, 1.82) is 0 Å². The van der Waals surface area contributed by atoms with Crippen molar-refractivity contribution in [2.75, 3.05) is 0 Å². The summed E-state index contributed by atoms with van der Waals surface area (Å²) in [4.78, 5) is 23.2. The molecule has 0 bridgehead atoms. The molecule has 4 nitrogen and oxygen atoms in total. The zero-order valence-corrected chi connectivity index (χ0v) is 10.3. The number of amides is 1. The summed E-state index contributed by atoms with van der Waals surface area (Å²) in [6, 6.07) is -0.346. The first kappa shape index (κ1) is 12.8. The second-order valence-electron chi connectivity index (χ2n) is 5.15. The van der Waals surface area contributed by atoms with Crippen LogP contribution in [0.3, 0.4) is 0 Å². The number of carboxylic acid groups (broad SMARTS) is 1. The molecule has 2 rings (SSSR count). The number of aliphatic carboxylic acids is 1. The van der Waals surface area contributed by atoms with E-state index in [4.69, 9.17) is 5.11 Å². The Hall–Kier alpha value is -1.65. The van der Waals surface area contributed by atoms with Gasteiger partial charge in [-0.25, -0.2) is 4.39 Å². The molecule has 0 spiro atoms. The molecule has 98 valence electrons. The van der Waals surface area contributed by atoms with Gasteiger partial charge in [0.25, 0.3) is 0 Å². The quantitative estimate of drug-likeness (QED) is 0.751. The average molecular weight is 253 g/mol. The maximum absolute atomic E-state index is 12.9. The number of carbonyl (C=O) groups is 2. The highest BCUT2D eigenvalue weighted by atomic mass is 19.1. The Balaban J connectivity index is 2.05. The Labute approximate surface area is 105 Å². The van der Waals surface area contributed by atoms with Gasteiger partial charge in [0.05, 0.1) is 6.04 Å². The van der Waals surface area contributed by atoms with E-state index >= 15 is 0 Å². The van der Waals surface area contributed by atoms with Crippen LogP contribution in [0.4, 0.5) is 4.39 Å². The first-order valence-electron chi connectivity index (χ1n) is 5.98. The summed E-state index contributed by atoms with van der Waals surface area (Å²) in [5.74, 6) is -2.22. The number of nitrogens with one attached hydrogen (secondary N) is 1. The van der Waals surface area contributed by atoms with E-state index in [1.165, 1.54) is 12.2 Å². The Morgan fingerprint density at radius 3 is 2.56 bits per heavy atom. The molecule has 0 aliphatic heterocycles. The van der Waals surface area contributed by atoms with Gasteiger partial charge >= 0.3 is 5.97 Å². The lowest BCUT2D eigenvalue weighted by Gasteiger charge is -2.24. The molecule has 5 heteroatoms. The zero-order valence-electron chi connectivity index (χ0n) is 10.3. The standard InChI is InChI=1S/C13H16FNO3/c1-7-5-9(14)3-4-10(7)15-11(16)13(12(17)18)6-8(13)2/h3-5,7-8,10H,6H2,1-2H3,(H,15,16)(H,17,18)/t7?,8-,10?,13+/m1/s1. The van der Waals surface area contributed by atoms with Crippen molar-refractivity contribution in [3.8, 4) is 0 Å². The van der Waals surface area contributed by atoms with E-state index in [1.54, 1.807) is 19.9 Å². The molecule has 1 amide bonds. The van der Waals surface area contributed by atoms with Gasteiger partial charge in [-0.15, -0.1) is 0 Å². The minimum Gasteiger partial charge on any atom is -0.480 e. The maximum atomic E-state index is 12.9. The van der Waals surface area contributed by atoms with Crippen LogP contribution in [0.15, 0.2) is 24.1 Å². The lowest BCUT2D eigenvalue weighted by atomic mass is 9.95. The van der Waals surface area contributed by atoms with E-state index in [2.05, 4.69) is 5.32 Å². The number of allylic oxidation sites excluding steroid dienone is 2. The van der Waals surface area contributed by atoms with E-state index in [9.17, 15) is 14.0 Å². The number of carboxylic acids is 1. The van der Waals surface area contributed by atoms with Crippen LogP contribution in [-0.2, 0) is 9.59 Å². The molecule has 0 heterocycles. The van der Waals surface area contributed by atoms with Crippen LogP contribution in [0.5, 0.6) is 0 Å². The molecule has 1 saturated carbocycles. The van der Waals surface area contributed by atoms with Crippen LogP contribution < -0.4 is 5.32 Å². The van der Waals surface area contributed by atoms with Crippen molar-refractivity contribution in [3.63, 3.8) is 0 Å². The Morgan fingerprint density at radius 1 is 1.50 bits per heavy atom. The number of halogens is 1. The third-order valence-electron chi connectivity index (χ3n) is 3.85. The fourth-order valence-corrected chi connectivity index (χ4v) is 2.38. The highest BCUT2D eigenvalue weighted by Gasteiger charge is 2.64. The molecule has 0 aromatic rings. The molecule has 2 aliphatic carbocycles. The monoisotopic (exact) mass is 253 g/mol. The average Bonchev–Trinajstić information content (AvgIpc) is 2.95. The Kier molecular flexibility index (Phi) is 3.00. The summed E-state index contributed by atoms with van der Waals surface area (Å²) in [6.07, 6.45) is 4.62. The van der Waals surface area contributed by atoms with Crippen molar-refractivity contribution < 1.29 is 19.1 Å². The smallest absolute Gasteiger partial charge is 0.319 e. The molecule has 4 atom stereocenters. The number of hydrogen-bond donors (Lipinski definition) is 2. The van der Waals surface area contributed by atoms with E-state index in [0.717, 1.165) is 0 Å². The SMILES string of the molecule is CC1C=C(F)C=CC1NC(=O)[C@]1(C(=O)O)C[C@H]1C. The summed E-state index contributed by atoms with van der Waals surface area (Å²) in [7, 11) is 0. The van der Waals surface area contributed by atoms with Gasteiger partial charge in [0, 0.05) is 5.92 Å². The molecule has 18 heavy (non-hydrogen) atoms. The number of hydrogen-bond acceptors (Lipinski definition) is 2. The minimum absolute atomic E-state index is 0.148. The molecule has 2 N–H and O–H groups in total. The fraction of sp³-hybridized carbons (Fsp3) is 0.538. The minimum atomic E-state index is -1.28. The first-order chi connectivity index (χ1) is 8.37. The highest BCUT2D eigenvalue weighted by molar-refractivity contribution is 6.05. The normalized spacial score (nSPS) is 37.9. The second-order valence-corrected chi connectivity index (χ2v) is 5.15. The number of rotatable bonds is 3. The van der Waals surface area contributed by atoms with Crippen molar-refractivity contribution in [1.82, 2.24) is 5.32 Å². The molecule has 0 radical (unpaired) electrons. The van der Waals surface area contributed by atoms with Crippen LogP contribution in [0.1, 0.15) is 20.3 Å². The topological polar surface area (TPSA) is 66.4 Å². The molecule has 1 fully saturated rings. The van der Waals surface area contributed by atoms with Gasteiger partial charge in [0.15, 0.2) is 0 Å². The van der Waals surface area contributed by atoms with Crippen LogP contribution in [0.2, 0.25) is 0 Å². The lowest BCUT2D eigenvalue weighted by Crippen LogP contribution is -2.45. The van der Waals surface area contributed by atoms with Crippen molar-refractivity contribution >= 4 is 11.9 Å². The van der Waals surface area contributed by atoms with E-state index in [-0.39, 0.29) is 23.7 Å². The van der Waals surface area contributed by atoms with Crippen LogP contribution in [-0.4, -0.2) is 23.0 Å². The molecule has 2 unspecified atom stereocenters. The molecular formula is C13H16FNO3. The van der Waals surface area contributed by atoms with Crippen molar-refractivity contribution in [2.45, 2.75) is 26.3 Å². The first-order valence-corrected chi connectivity index (χ1v) is 5.98. The predicted molar refractivity (Wildman–Crippen MR) is 63.3 cm³/mol. The van der Waals surface area contributed by atoms with Gasteiger partial charge < -0.3 is 10.4 Å². The lowest BCUT2D eigenvalue weighted by molar-refractivity contribution is -0.150. The zero-order chi connectivity index (χ0) is 13.5. The second kappa shape index (κ2) is 4.23. The van der Waals surface area contributed by atoms with Crippen LogP contribution >= 0.6 is 0 Å². The van der Waals surface area contributed by atoms with Gasteiger partial charge in [-0.2, -0.15) is 0 Å². The maximum Gasteiger partial charge on any atom is 0.319 e. The molecule has 0 aromatic heterocycles. The van der Waals surface area contributed by atoms with Gasteiger partial charge in [-0.1, -0.05) is 19.9 Å². The molecular weight excluding hydrogens is 237 g/mol. The number of carbonyl (C=O) groups excluding carboxylic acids is 1. The van der Waals surface area contributed by atoms with Gasteiger partial charge in [-0.05, 0) is 24.5 Å². The molecule has 0 aromatic carbocycles. The summed E-state index contributed by atoms with van der Waals surface area (Å²) in [5, 5.41) is 11.8. The molecule has 2 aliphatic rings. The molecule has 0 saturated heterocycles. The van der Waals surface area contributed by atoms with Crippen molar-refractivity contribution in [3.05, 3.63) is 24.1 Å². The van der Waals surface area contributed by atoms with E-state index in [1.807, 2.05) is 0 Å². The largest absolute Gasteiger partial charge is 0.480 e. The summed E-state index contributed by atoms with van der Waals surface area (Å²) in [6.45, 7) is 3.52. The van der Waals surface area contributed by atoms with Crippen LogP contribution in [0.25, 0.3) is 0 Å².